The maximum absolute atomic E-state index is 12.3. The molecule has 1 aromatic heterocycles. The highest BCUT2D eigenvalue weighted by Gasteiger charge is 2.19. The molecule has 1 aliphatic rings. The molecule has 1 fully saturated rings. The predicted molar refractivity (Wildman–Crippen MR) is 85.2 cm³/mol. The van der Waals surface area contributed by atoms with Gasteiger partial charge in [-0.3, -0.25) is 9.69 Å². The highest BCUT2D eigenvalue weighted by Crippen LogP contribution is 2.15. The Kier molecular flexibility index (Phi) is 4.85. The van der Waals surface area contributed by atoms with Gasteiger partial charge in [-0.15, -0.1) is 0 Å². The van der Waals surface area contributed by atoms with Crippen LogP contribution >= 0.6 is 0 Å². The van der Waals surface area contributed by atoms with Crippen molar-refractivity contribution in [3.63, 3.8) is 0 Å². The summed E-state index contributed by atoms with van der Waals surface area (Å²) >= 11 is 0. The number of benzene rings is 1. The number of aromatic nitrogens is 2. The van der Waals surface area contributed by atoms with E-state index in [1.54, 1.807) is 12.5 Å². The normalized spacial score (nSPS) is 16.5. The van der Waals surface area contributed by atoms with Gasteiger partial charge < -0.3 is 9.88 Å². The first kappa shape index (κ1) is 14.8. The first-order chi connectivity index (χ1) is 10.8. The van der Waals surface area contributed by atoms with Crippen LogP contribution < -0.4 is 5.32 Å². The molecule has 1 amide bonds. The van der Waals surface area contributed by atoms with E-state index in [1.807, 2.05) is 29.0 Å². The first-order valence-corrected chi connectivity index (χ1v) is 7.83. The third-order valence-electron chi connectivity index (χ3n) is 4.06. The monoisotopic (exact) mass is 298 g/mol. The van der Waals surface area contributed by atoms with Gasteiger partial charge in [-0.25, -0.2) is 4.98 Å². The Balaban J connectivity index is 1.66. The zero-order valence-electron chi connectivity index (χ0n) is 12.7. The Morgan fingerprint density at radius 2 is 2.00 bits per heavy atom. The lowest BCUT2D eigenvalue weighted by Crippen LogP contribution is -2.38. The summed E-state index contributed by atoms with van der Waals surface area (Å²) in [7, 11) is 0. The number of nitrogens with one attached hydrogen (secondary N) is 1. The number of amides is 1. The summed E-state index contributed by atoms with van der Waals surface area (Å²) in [4.78, 5) is 18.6. The highest BCUT2D eigenvalue weighted by atomic mass is 16.2. The summed E-state index contributed by atoms with van der Waals surface area (Å²) in [5.74, 6) is 0.0934. The van der Waals surface area contributed by atoms with E-state index in [-0.39, 0.29) is 11.9 Å². The van der Waals surface area contributed by atoms with Gasteiger partial charge in [-0.1, -0.05) is 30.3 Å². The van der Waals surface area contributed by atoms with Gasteiger partial charge in [-0.2, -0.15) is 0 Å². The molecule has 116 valence electrons. The van der Waals surface area contributed by atoms with Crippen molar-refractivity contribution in [2.45, 2.75) is 25.4 Å². The summed E-state index contributed by atoms with van der Waals surface area (Å²) in [6, 6.07) is 10.1. The molecular formula is C17H22N4O. The molecule has 1 atom stereocenters. The molecule has 1 aromatic carbocycles. The maximum atomic E-state index is 12.3. The van der Waals surface area contributed by atoms with E-state index in [1.165, 1.54) is 12.8 Å². The fraction of sp³-hybridized carbons (Fsp3) is 0.412. The molecule has 5 heteroatoms. The van der Waals surface area contributed by atoms with Crippen molar-refractivity contribution in [1.29, 1.82) is 0 Å². The molecule has 0 saturated carbocycles. The van der Waals surface area contributed by atoms with E-state index >= 15 is 0 Å². The third kappa shape index (κ3) is 3.95. The average molecular weight is 298 g/mol. The molecule has 1 aliphatic heterocycles. The molecule has 5 nitrogen and oxygen atoms in total. The Bertz CT molecular complexity index is 576. The van der Waals surface area contributed by atoms with Gasteiger partial charge in [0, 0.05) is 18.9 Å². The van der Waals surface area contributed by atoms with Crippen LogP contribution in [0, 0.1) is 0 Å². The van der Waals surface area contributed by atoms with E-state index in [2.05, 4.69) is 27.3 Å². The van der Waals surface area contributed by atoms with Gasteiger partial charge in [-0.05, 0) is 31.5 Å². The zero-order chi connectivity index (χ0) is 15.2. The summed E-state index contributed by atoms with van der Waals surface area (Å²) in [5.41, 5.74) is 1.12. The molecule has 2 heterocycles. The average Bonchev–Trinajstić information content (AvgIpc) is 3.21. The van der Waals surface area contributed by atoms with Crippen LogP contribution in [0.5, 0.6) is 0 Å². The SMILES string of the molecule is O=C(CN1CCCC1)N[C@@H](Cn1ccnc1)c1ccccc1. The molecule has 2 aromatic rings. The number of nitrogens with zero attached hydrogens (tertiary/aromatic N) is 3. The molecule has 0 unspecified atom stereocenters. The van der Waals surface area contributed by atoms with Gasteiger partial charge in [0.05, 0.1) is 18.9 Å². The van der Waals surface area contributed by atoms with Crippen LogP contribution in [0.3, 0.4) is 0 Å². The number of rotatable bonds is 6. The minimum atomic E-state index is -0.0366. The van der Waals surface area contributed by atoms with Gasteiger partial charge in [0.15, 0.2) is 0 Å². The molecule has 0 radical (unpaired) electrons. The zero-order valence-corrected chi connectivity index (χ0v) is 12.7. The van der Waals surface area contributed by atoms with E-state index in [0.29, 0.717) is 13.1 Å². The van der Waals surface area contributed by atoms with Crippen molar-refractivity contribution in [3.8, 4) is 0 Å². The van der Waals surface area contributed by atoms with Gasteiger partial charge in [0.25, 0.3) is 0 Å². The lowest BCUT2D eigenvalue weighted by molar-refractivity contribution is -0.122. The highest BCUT2D eigenvalue weighted by molar-refractivity contribution is 5.78. The summed E-state index contributed by atoms with van der Waals surface area (Å²) in [5, 5.41) is 3.17. The fourth-order valence-corrected chi connectivity index (χ4v) is 2.91. The maximum Gasteiger partial charge on any atom is 0.234 e. The molecule has 22 heavy (non-hydrogen) atoms. The van der Waals surface area contributed by atoms with Crippen molar-refractivity contribution < 1.29 is 4.79 Å². The van der Waals surface area contributed by atoms with Crippen molar-refractivity contribution in [3.05, 3.63) is 54.6 Å². The number of carbonyl (C=O) groups is 1. The van der Waals surface area contributed by atoms with Crippen LogP contribution in [-0.2, 0) is 11.3 Å². The standard InChI is InChI=1S/C17H22N4O/c22-17(13-20-9-4-5-10-20)19-16(12-21-11-8-18-14-21)15-6-2-1-3-7-15/h1-3,6-8,11,14,16H,4-5,9-10,12-13H2,(H,19,22)/t16-/m0/s1. The topological polar surface area (TPSA) is 50.2 Å². The Labute approximate surface area is 131 Å². The van der Waals surface area contributed by atoms with Crippen LogP contribution in [0.1, 0.15) is 24.4 Å². The minimum absolute atomic E-state index is 0.0366. The quantitative estimate of drug-likeness (QED) is 0.885. The van der Waals surface area contributed by atoms with Crippen LogP contribution in [0.2, 0.25) is 0 Å². The molecular weight excluding hydrogens is 276 g/mol. The Hall–Kier alpha value is -2.14. The number of likely N-dealkylation sites (tertiary alicyclic amines) is 1. The van der Waals surface area contributed by atoms with Crippen LogP contribution in [-0.4, -0.2) is 40.0 Å². The minimum Gasteiger partial charge on any atom is -0.346 e. The number of hydrogen-bond donors (Lipinski definition) is 1. The van der Waals surface area contributed by atoms with Crippen LogP contribution in [0.4, 0.5) is 0 Å². The second-order valence-electron chi connectivity index (χ2n) is 5.77. The van der Waals surface area contributed by atoms with E-state index in [4.69, 9.17) is 0 Å². The van der Waals surface area contributed by atoms with Crippen molar-refractivity contribution in [1.82, 2.24) is 19.8 Å². The smallest absolute Gasteiger partial charge is 0.234 e. The fourth-order valence-electron chi connectivity index (χ4n) is 2.91. The lowest BCUT2D eigenvalue weighted by atomic mass is 10.1. The van der Waals surface area contributed by atoms with Crippen molar-refractivity contribution in [2.24, 2.45) is 0 Å². The number of carbonyl (C=O) groups excluding carboxylic acids is 1. The van der Waals surface area contributed by atoms with E-state index < -0.39 is 0 Å². The summed E-state index contributed by atoms with van der Waals surface area (Å²) in [6.45, 7) is 3.25. The largest absolute Gasteiger partial charge is 0.346 e. The molecule has 1 saturated heterocycles. The Morgan fingerprint density at radius 3 is 2.68 bits per heavy atom. The van der Waals surface area contributed by atoms with Crippen LogP contribution in [0.15, 0.2) is 49.1 Å². The second-order valence-corrected chi connectivity index (χ2v) is 5.77. The van der Waals surface area contributed by atoms with Gasteiger partial charge >= 0.3 is 0 Å². The van der Waals surface area contributed by atoms with E-state index in [0.717, 1.165) is 18.7 Å². The molecule has 0 spiro atoms. The molecule has 3 rings (SSSR count). The van der Waals surface area contributed by atoms with Gasteiger partial charge in [0.2, 0.25) is 5.91 Å². The lowest BCUT2D eigenvalue weighted by Gasteiger charge is -2.22. The van der Waals surface area contributed by atoms with Gasteiger partial charge in [0.1, 0.15) is 0 Å². The first-order valence-electron chi connectivity index (χ1n) is 7.83. The predicted octanol–water partition coefficient (Wildman–Crippen LogP) is 1.84. The molecule has 1 N–H and O–H groups in total. The Morgan fingerprint density at radius 1 is 1.23 bits per heavy atom. The molecule has 0 aliphatic carbocycles. The molecule has 0 bridgehead atoms. The number of imidazole rings is 1. The summed E-state index contributed by atoms with van der Waals surface area (Å²) in [6.07, 6.45) is 7.86. The van der Waals surface area contributed by atoms with Crippen molar-refractivity contribution in [2.75, 3.05) is 19.6 Å². The third-order valence-corrected chi connectivity index (χ3v) is 4.06. The van der Waals surface area contributed by atoms with Crippen molar-refractivity contribution >= 4 is 5.91 Å². The van der Waals surface area contributed by atoms with Crippen LogP contribution in [0.25, 0.3) is 0 Å². The summed E-state index contributed by atoms with van der Waals surface area (Å²) < 4.78 is 1.99. The number of hydrogen-bond acceptors (Lipinski definition) is 3. The van der Waals surface area contributed by atoms with E-state index in [9.17, 15) is 4.79 Å². The second kappa shape index (κ2) is 7.22.